The molecule has 0 atom stereocenters. The van der Waals surface area contributed by atoms with Gasteiger partial charge in [0.2, 0.25) is 6.41 Å². The highest BCUT2D eigenvalue weighted by molar-refractivity contribution is 7.19. The maximum Gasteiger partial charge on any atom is 0.215 e. The fraction of sp³-hybridized carbons (Fsp3) is 0.214. The molecule has 3 rings (SSSR count). The van der Waals surface area contributed by atoms with Gasteiger partial charge in [0.05, 0.1) is 10.6 Å². The van der Waals surface area contributed by atoms with Crippen LogP contribution in [-0.2, 0) is 4.79 Å². The number of carbonyl (C=O) groups excluding carboxylic acids is 1. The Morgan fingerprint density at radius 1 is 1.35 bits per heavy atom. The van der Waals surface area contributed by atoms with Crippen LogP contribution in [0.25, 0.3) is 16.2 Å². The second-order valence-electron chi connectivity index (χ2n) is 4.72. The first kappa shape index (κ1) is 12.8. The molecular formula is C14H14N4OS. The number of thiazole rings is 1. The maximum absolute atomic E-state index is 10.8. The molecule has 0 aliphatic carbocycles. The minimum Gasteiger partial charge on any atom is -0.306 e. The number of anilines is 1. The number of nitrogens with zero attached hydrogens (tertiary/aromatic N) is 4. The van der Waals surface area contributed by atoms with E-state index >= 15 is 0 Å². The predicted octanol–water partition coefficient (Wildman–Crippen LogP) is 2.67. The Balaban J connectivity index is 2.10. The van der Waals surface area contributed by atoms with E-state index in [1.54, 1.807) is 7.05 Å². The molecule has 0 saturated carbocycles. The lowest BCUT2D eigenvalue weighted by atomic mass is 10.3. The lowest BCUT2D eigenvalue weighted by Gasteiger charge is -2.02. The molecule has 0 fully saturated rings. The molecule has 5 nitrogen and oxygen atoms in total. The largest absolute Gasteiger partial charge is 0.306 e. The summed E-state index contributed by atoms with van der Waals surface area (Å²) in [6, 6.07) is 4.09. The SMILES string of the molecule is Cc1ccn2cc(-c3sc(N(C)C=O)nc3C)nc2c1. The normalized spacial score (nSPS) is 10.9. The highest BCUT2D eigenvalue weighted by Crippen LogP contribution is 2.33. The number of hydrogen-bond donors (Lipinski definition) is 0. The zero-order valence-electron chi connectivity index (χ0n) is 11.5. The number of carbonyl (C=O) groups is 1. The molecule has 0 radical (unpaired) electrons. The van der Waals surface area contributed by atoms with E-state index in [1.165, 1.54) is 21.8 Å². The van der Waals surface area contributed by atoms with Gasteiger partial charge >= 0.3 is 0 Å². The number of imidazole rings is 1. The van der Waals surface area contributed by atoms with Crippen LogP contribution in [0.2, 0.25) is 0 Å². The van der Waals surface area contributed by atoms with Crippen molar-refractivity contribution in [2.75, 3.05) is 11.9 Å². The van der Waals surface area contributed by atoms with Gasteiger partial charge in [-0.1, -0.05) is 11.3 Å². The summed E-state index contributed by atoms with van der Waals surface area (Å²) in [6.45, 7) is 3.98. The minimum atomic E-state index is 0.681. The Bertz CT molecular complexity index is 790. The Morgan fingerprint density at radius 3 is 2.90 bits per heavy atom. The third kappa shape index (κ3) is 2.08. The molecule has 1 amide bonds. The average Bonchev–Trinajstić information content (AvgIpc) is 3.00. The zero-order valence-corrected chi connectivity index (χ0v) is 12.3. The van der Waals surface area contributed by atoms with Gasteiger partial charge in [-0.15, -0.1) is 0 Å². The zero-order chi connectivity index (χ0) is 14.3. The summed E-state index contributed by atoms with van der Waals surface area (Å²) in [4.78, 5) is 22.3. The molecule has 0 unspecified atom stereocenters. The number of hydrogen-bond acceptors (Lipinski definition) is 4. The summed E-state index contributed by atoms with van der Waals surface area (Å²) in [5, 5.41) is 0.681. The molecule has 3 aromatic rings. The first-order valence-corrected chi connectivity index (χ1v) is 7.01. The van der Waals surface area contributed by atoms with Crippen molar-refractivity contribution in [1.82, 2.24) is 14.4 Å². The van der Waals surface area contributed by atoms with Crippen LogP contribution >= 0.6 is 11.3 Å². The maximum atomic E-state index is 10.8. The summed E-state index contributed by atoms with van der Waals surface area (Å²) >= 11 is 1.47. The summed E-state index contributed by atoms with van der Waals surface area (Å²) in [5.74, 6) is 0. The van der Waals surface area contributed by atoms with Crippen LogP contribution in [0.4, 0.5) is 5.13 Å². The number of aryl methyl sites for hydroxylation is 2. The molecule has 0 bridgehead atoms. The molecule has 0 saturated heterocycles. The quantitative estimate of drug-likeness (QED) is 0.696. The number of aromatic nitrogens is 3. The smallest absolute Gasteiger partial charge is 0.215 e. The minimum absolute atomic E-state index is 0.681. The molecule has 102 valence electrons. The van der Waals surface area contributed by atoms with Crippen molar-refractivity contribution in [3.05, 3.63) is 35.8 Å². The summed E-state index contributed by atoms with van der Waals surface area (Å²) in [5.41, 5.74) is 3.87. The number of rotatable bonds is 3. The lowest BCUT2D eigenvalue weighted by molar-refractivity contribution is -0.107. The average molecular weight is 286 g/mol. The van der Waals surface area contributed by atoms with Gasteiger partial charge in [-0.25, -0.2) is 9.97 Å². The molecule has 3 heterocycles. The monoisotopic (exact) mass is 286 g/mol. The van der Waals surface area contributed by atoms with Crippen molar-refractivity contribution in [3.8, 4) is 10.6 Å². The van der Waals surface area contributed by atoms with E-state index in [1.807, 2.05) is 42.8 Å². The van der Waals surface area contributed by atoms with E-state index in [-0.39, 0.29) is 0 Å². The van der Waals surface area contributed by atoms with Crippen molar-refractivity contribution in [2.45, 2.75) is 13.8 Å². The molecule has 0 aromatic carbocycles. The lowest BCUT2D eigenvalue weighted by Crippen LogP contribution is -2.12. The number of amides is 1. The first-order chi connectivity index (χ1) is 9.58. The van der Waals surface area contributed by atoms with Crippen molar-refractivity contribution in [2.24, 2.45) is 0 Å². The topological polar surface area (TPSA) is 50.5 Å². The van der Waals surface area contributed by atoms with E-state index in [4.69, 9.17) is 0 Å². The third-order valence-corrected chi connectivity index (χ3v) is 4.36. The van der Waals surface area contributed by atoms with Gasteiger partial charge in [0.1, 0.15) is 11.3 Å². The van der Waals surface area contributed by atoms with Gasteiger partial charge in [-0.2, -0.15) is 0 Å². The van der Waals surface area contributed by atoms with Crippen molar-refractivity contribution < 1.29 is 4.79 Å². The van der Waals surface area contributed by atoms with Crippen LogP contribution in [0.5, 0.6) is 0 Å². The highest BCUT2D eigenvalue weighted by atomic mass is 32.1. The van der Waals surface area contributed by atoms with Crippen LogP contribution in [0.3, 0.4) is 0 Å². The van der Waals surface area contributed by atoms with Gasteiger partial charge in [-0.05, 0) is 31.5 Å². The van der Waals surface area contributed by atoms with Crippen LogP contribution in [0.15, 0.2) is 24.5 Å². The molecule has 0 aliphatic heterocycles. The Hall–Kier alpha value is -2.21. The summed E-state index contributed by atoms with van der Waals surface area (Å²) in [6.07, 6.45) is 4.74. The van der Waals surface area contributed by atoms with Crippen molar-refractivity contribution in [1.29, 1.82) is 0 Å². The van der Waals surface area contributed by atoms with E-state index in [2.05, 4.69) is 9.97 Å². The molecule has 0 spiro atoms. The summed E-state index contributed by atoms with van der Waals surface area (Å²) in [7, 11) is 1.70. The standard InChI is InChI=1S/C14H14N4OS/c1-9-4-5-18-7-11(16-12(18)6-9)13-10(2)15-14(20-13)17(3)8-19/h4-8H,1-3H3. The molecule has 20 heavy (non-hydrogen) atoms. The van der Waals surface area contributed by atoms with E-state index in [0.29, 0.717) is 5.13 Å². The van der Waals surface area contributed by atoms with Gasteiger partial charge < -0.3 is 4.40 Å². The number of fused-ring (bicyclic) bond motifs is 1. The molecule has 6 heteroatoms. The van der Waals surface area contributed by atoms with E-state index < -0.39 is 0 Å². The van der Waals surface area contributed by atoms with Crippen molar-refractivity contribution >= 4 is 28.5 Å². The van der Waals surface area contributed by atoms with Gasteiger partial charge in [0, 0.05) is 19.4 Å². The Labute approximate surface area is 120 Å². The molecule has 3 aromatic heterocycles. The Morgan fingerprint density at radius 2 is 2.15 bits per heavy atom. The van der Waals surface area contributed by atoms with E-state index in [9.17, 15) is 4.79 Å². The fourth-order valence-corrected chi connectivity index (χ4v) is 2.96. The van der Waals surface area contributed by atoms with Gasteiger partial charge in [0.15, 0.2) is 5.13 Å². The van der Waals surface area contributed by atoms with Gasteiger partial charge in [0.25, 0.3) is 0 Å². The molecule has 0 N–H and O–H groups in total. The van der Waals surface area contributed by atoms with Crippen molar-refractivity contribution in [3.63, 3.8) is 0 Å². The van der Waals surface area contributed by atoms with Crippen LogP contribution in [0, 0.1) is 13.8 Å². The third-order valence-electron chi connectivity index (χ3n) is 3.09. The second kappa shape index (κ2) is 4.72. The summed E-state index contributed by atoms with van der Waals surface area (Å²) < 4.78 is 1.99. The Kier molecular flexibility index (Phi) is 3.02. The first-order valence-electron chi connectivity index (χ1n) is 6.20. The van der Waals surface area contributed by atoms with Crippen LogP contribution in [0.1, 0.15) is 11.3 Å². The molecular weight excluding hydrogens is 272 g/mol. The fourth-order valence-electron chi connectivity index (χ4n) is 2.01. The highest BCUT2D eigenvalue weighted by Gasteiger charge is 2.15. The number of pyridine rings is 1. The molecule has 0 aliphatic rings. The predicted molar refractivity (Wildman–Crippen MR) is 80.2 cm³/mol. The van der Waals surface area contributed by atoms with Gasteiger partial charge in [-0.3, -0.25) is 9.69 Å². The van der Waals surface area contributed by atoms with E-state index in [0.717, 1.165) is 28.3 Å². The van der Waals surface area contributed by atoms with Crippen LogP contribution < -0.4 is 4.90 Å². The van der Waals surface area contributed by atoms with Crippen LogP contribution in [-0.4, -0.2) is 27.8 Å². The second-order valence-corrected chi connectivity index (χ2v) is 5.70.